The van der Waals surface area contributed by atoms with Crippen LogP contribution < -0.4 is 0 Å². The van der Waals surface area contributed by atoms with Crippen LogP contribution in [0.4, 0.5) is 0 Å². The van der Waals surface area contributed by atoms with Gasteiger partial charge in [0.1, 0.15) is 11.2 Å². The van der Waals surface area contributed by atoms with Crippen LogP contribution in [-0.2, 0) is 0 Å². The molecule has 0 spiro atoms. The van der Waals surface area contributed by atoms with E-state index < -0.39 is 0 Å². The number of thiophene rings is 4. The number of fused-ring (bicyclic) bond motifs is 7. The Morgan fingerprint density at radius 2 is 0.974 bits per heavy atom. The summed E-state index contributed by atoms with van der Waals surface area (Å²) in [6.45, 7) is 4.21. The molecule has 10 heteroatoms. The second-order valence-electron chi connectivity index (χ2n) is 9.16. The summed E-state index contributed by atoms with van der Waals surface area (Å²) in [5.74, 6) is 0. The summed E-state index contributed by atoms with van der Waals surface area (Å²) in [7, 11) is 0. The highest BCUT2D eigenvalue weighted by molar-refractivity contribution is 14.1. The predicted octanol–water partition coefficient (Wildman–Crippen LogP) is 13.6. The molecule has 0 atom stereocenters. The van der Waals surface area contributed by atoms with Crippen LogP contribution in [0.15, 0.2) is 54.2 Å². The SMILES string of the molecule is Cc1ccc2c(c1)oc1c(I)c(-c3sc4c(Br)c(-c5sc6c(oc7cc(C)ccc76)c5I)sc4c3Br)sc12. The van der Waals surface area contributed by atoms with Gasteiger partial charge in [0, 0.05) is 10.8 Å². The van der Waals surface area contributed by atoms with E-state index in [2.05, 4.69) is 127 Å². The zero-order chi connectivity index (χ0) is 26.0. The van der Waals surface area contributed by atoms with E-state index in [4.69, 9.17) is 8.83 Å². The third-order valence-corrected chi connectivity index (χ3v) is 17.3. The summed E-state index contributed by atoms with van der Waals surface area (Å²) in [5, 5.41) is 2.38. The van der Waals surface area contributed by atoms with Crippen LogP contribution in [0.2, 0.25) is 0 Å². The Kier molecular flexibility index (Phi) is 5.98. The number of furan rings is 2. The summed E-state index contributed by atoms with van der Waals surface area (Å²) in [5.41, 5.74) is 6.35. The van der Waals surface area contributed by atoms with E-state index in [1.54, 1.807) is 0 Å². The smallest absolute Gasteiger partial charge is 0.160 e. The van der Waals surface area contributed by atoms with Crippen molar-refractivity contribution in [3.63, 3.8) is 0 Å². The number of aryl methyl sites for hydroxylation is 2. The average Bonchev–Trinajstić information content (AvgIpc) is 3.69. The Hall–Kier alpha value is -0.480. The largest absolute Gasteiger partial charge is 0.454 e. The standard InChI is InChI=1S/C28H12Br2I2O2S4/c1-9-3-5-11-13(7-9)33-19-17(31)27(35-21(11)19)25-15(29)23-24(37-25)16(30)26(38-23)28-18(32)20-22(36-28)12-6-4-10(2)8-14(12)34-20/h3-8H,1-2H3. The van der Waals surface area contributed by atoms with Gasteiger partial charge < -0.3 is 8.83 Å². The monoisotopic (exact) mass is 920 g/mol. The molecule has 0 fully saturated rings. The minimum atomic E-state index is 0.966. The van der Waals surface area contributed by atoms with Crippen molar-refractivity contribution in [1.82, 2.24) is 0 Å². The van der Waals surface area contributed by atoms with Gasteiger partial charge in [0.15, 0.2) is 11.2 Å². The lowest BCUT2D eigenvalue weighted by molar-refractivity contribution is 0.667. The van der Waals surface area contributed by atoms with Gasteiger partial charge in [0.2, 0.25) is 0 Å². The summed E-state index contributed by atoms with van der Waals surface area (Å²) in [4.78, 5) is 5.05. The quantitative estimate of drug-likeness (QED) is 0.162. The van der Waals surface area contributed by atoms with Crippen LogP contribution in [0.5, 0.6) is 0 Å². The molecule has 38 heavy (non-hydrogen) atoms. The van der Waals surface area contributed by atoms with E-state index >= 15 is 0 Å². The fourth-order valence-electron chi connectivity index (χ4n) is 4.82. The zero-order valence-corrected chi connectivity index (χ0v) is 30.2. The Morgan fingerprint density at radius 1 is 0.579 bits per heavy atom. The summed E-state index contributed by atoms with van der Waals surface area (Å²) in [6.07, 6.45) is 0. The third-order valence-electron chi connectivity index (χ3n) is 6.63. The van der Waals surface area contributed by atoms with Crippen molar-refractivity contribution in [2.45, 2.75) is 13.8 Å². The number of benzene rings is 2. The topological polar surface area (TPSA) is 26.3 Å². The summed E-state index contributed by atoms with van der Waals surface area (Å²) >= 11 is 20.2. The van der Waals surface area contributed by atoms with Gasteiger partial charge in [-0.05, 0) is 126 Å². The lowest BCUT2D eigenvalue weighted by Crippen LogP contribution is -1.73. The Balaban J connectivity index is 1.28. The van der Waals surface area contributed by atoms with Crippen LogP contribution in [0, 0.1) is 21.0 Å². The van der Waals surface area contributed by atoms with Crippen molar-refractivity contribution in [2.75, 3.05) is 0 Å². The molecule has 0 saturated carbocycles. The normalized spacial score (nSPS) is 12.5. The fraction of sp³-hybridized carbons (Fsp3) is 0.0714. The molecule has 0 radical (unpaired) electrons. The molecule has 0 bridgehead atoms. The third kappa shape index (κ3) is 3.53. The highest BCUT2D eigenvalue weighted by Crippen LogP contribution is 2.57. The minimum absolute atomic E-state index is 0.966. The second kappa shape index (κ2) is 9.01. The van der Waals surface area contributed by atoms with Gasteiger partial charge in [-0.25, -0.2) is 0 Å². The molecule has 8 aromatic rings. The maximum Gasteiger partial charge on any atom is 0.160 e. The molecule has 2 nitrogen and oxygen atoms in total. The number of halogens is 4. The summed E-state index contributed by atoms with van der Waals surface area (Å²) in [6, 6.07) is 12.9. The van der Waals surface area contributed by atoms with E-state index in [0.717, 1.165) is 31.3 Å². The summed E-state index contributed by atoms with van der Waals surface area (Å²) < 4.78 is 22.3. The van der Waals surface area contributed by atoms with E-state index in [1.165, 1.54) is 67.3 Å². The van der Waals surface area contributed by atoms with Crippen molar-refractivity contribution < 1.29 is 8.83 Å². The minimum Gasteiger partial charge on any atom is -0.454 e. The van der Waals surface area contributed by atoms with Gasteiger partial charge in [0.05, 0.1) is 54.4 Å². The highest BCUT2D eigenvalue weighted by atomic mass is 127. The predicted molar refractivity (Wildman–Crippen MR) is 191 cm³/mol. The molecule has 188 valence electrons. The second-order valence-corrected chi connectivity index (χ2v) is 17.0. The van der Waals surface area contributed by atoms with Crippen LogP contribution in [0.1, 0.15) is 11.1 Å². The molecule has 0 aliphatic heterocycles. The molecular formula is C28H12Br2I2O2S4. The van der Waals surface area contributed by atoms with Crippen molar-refractivity contribution in [1.29, 1.82) is 0 Å². The Morgan fingerprint density at radius 3 is 1.39 bits per heavy atom. The molecule has 0 unspecified atom stereocenters. The Labute approximate surface area is 276 Å². The highest BCUT2D eigenvalue weighted by Gasteiger charge is 2.27. The first kappa shape index (κ1) is 25.2. The van der Waals surface area contributed by atoms with Crippen molar-refractivity contribution in [3.8, 4) is 19.5 Å². The van der Waals surface area contributed by atoms with Gasteiger partial charge in [-0.2, -0.15) is 0 Å². The van der Waals surface area contributed by atoms with Crippen molar-refractivity contribution in [2.24, 2.45) is 0 Å². The number of hydrogen-bond donors (Lipinski definition) is 0. The molecule has 8 rings (SSSR count). The zero-order valence-electron chi connectivity index (χ0n) is 19.4. The molecule has 0 aliphatic rings. The van der Waals surface area contributed by atoms with E-state index in [1.807, 2.05) is 45.3 Å². The molecule has 0 aliphatic carbocycles. The van der Waals surface area contributed by atoms with E-state index in [0.29, 0.717) is 0 Å². The molecular weight excluding hydrogens is 910 g/mol. The van der Waals surface area contributed by atoms with E-state index in [-0.39, 0.29) is 0 Å². The lowest BCUT2D eigenvalue weighted by Gasteiger charge is -1.99. The van der Waals surface area contributed by atoms with Crippen LogP contribution >= 0.6 is 122 Å². The first-order valence-electron chi connectivity index (χ1n) is 11.4. The number of hydrogen-bond acceptors (Lipinski definition) is 6. The van der Waals surface area contributed by atoms with Crippen molar-refractivity contribution in [3.05, 3.63) is 63.6 Å². The molecule has 0 amide bonds. The molecule has 2 aromatic carbocycles. The molecule has 0 N–H and O–H groups in total. The van der Waals surface area contributed by atoms with Gasteiger partial charge >= 0.3 is 0 Å². The molecule has 0 saturated heterocycles. The average molecular weight is 922 g/mol. The first-order chi connectivity index (χ1) is 18.3. The van der Waals surface area contributed by atoms with Gasteiger partial charge in [0.25, 0.3) is 0 Å². The molecule has 6 aromatic heterocycles. The molecule has 6 heterocycles. The van der Waals surface area contributed by atoms with Crippen molar-refractivity contribution >= 4 is 174 Å². The maximum atomic E-state index is 6.31. The van der Waals surface area contributed by atoms with E-state index in [9.17, 15) is 0 Å². The van der Waals surface area contributed by atoms with Gasteiger partial charge in [-0.15, -0.1) is 45.3 Å². The van der Waals surface area contributed by atoms with Crippen LogP contribution in [-0.4, -0.2) is 0 Å². The van der Waals surface area contributed by atoms with Crippen LogP contribution in [0.25, 0.3) is 71.4 Å². The number of rotatable bonds is 2. The Bertz CT molecular complexity index is 2110. The van der Waals surface area contributed by atoms with Gasteiger partial charge in [-0.3, -0.25) is 0 Å². The lowest BCUT2D eigenvalue weighted by atomic mass is 10.2. The van der Waals surface area contributed by atoms with Gasteiger partial charge in [-0.1, -0.05) is 12.1 Å². The first-order valence-corrected chi connectivity index (χ1v) is 18.4. The van der Waals surface area contributed by atoms with Crippen LogP contribution in [0.3, 0.4) is 0 Å². The maximum absolute atomic E-state index is 6.31. The fourth-order valence-corrected chi connectivity index (χ4v) is 14.8.